The number of phenols is 1. The number of benzene rings is 2. The van der Waals surface area contributed by atoms with Crippen molar-refractivity contribution in [2.45, 2.75) is 19.1 Å². The average molecular weight is 331 g/mol. The van der Waals surface area contributed by atoms with Gasteiger partial charge in [0.2, 0.25) is 0 Å². The van der Waals surface area contributed by atoms with Gasteiger partial charge in [0, 0.05) is 6.42 Å². The Morgan fingerprint density at radius 3 is 2.29 bits per heavy atom. The quantitative estimate of drug-likeness (QED) is 0.672. The summed E-state index contributed by atoms with van der Waals surface area (Å²) in [6.45, 7) is 0.0474. The van der Waals surface area contributed by atoms with Crippen molar-refractivity contribution >= 4 is 12.1 Å². The molecule has 1 atom stereocenters. The summed E-state index contributed by atoms with van der Waals surface area (Å²) in [4.78, 5) is 27.7. The lowest BCUT2D eigenvalue weighted by Crippen LogP contribution is -2.36. The number of carboxylic acid groups (broad SMARTS) is 1. The monoisotopic (exact) mass is 331 g/mol. The number of hydrogen-bond donors (Lipinski definition) is 3. The summed E-state index contributed by atoms with van der Waals surface area (Å²) in [7, 11) is 0. The van der Waals surface area contributed by atoms with E-state index in [-0.39, 0.29) is 18.8 Å². The summed E-state index contributed by atoms with van der Waals surface area (Å²) in [5, 5.41) is 18.4. The molecule has 0 unspecified atom stereocenters. The summed E-state index contributed by atoms with van der Waals surface area (Å²) in [5.41, 5.74) is 3.41. The number of hydroxylamine groups is 1. The Hall–Kier alpha value is -3.06. The molecule has 2 aromatic carbocycles. The summed E-state index contributed by atoms with van der Waals surface area (Å²) < 4.78 is 4.92. The summed E-state index contributed by atoms with van der Waals surface area (Å²) in [5.74, 6) is -1.15. The van der Waals surface area contributed by atoms with Crippen LogP contribution in [-0.2, 0) is 27.4 Å². The topological polar surface area (TPSA) is 105 Å². The number of aliphatic carboxylic acids is 1. The van der Waals surface area contributed by atoms with Crippen molar-refractivity contribution in [2.24, 2.45) is 0 Å². The molecule has 7 heteroatoms. The van der Waals surface area contributed by atoms with Crippen LogP contribution in [0, 0.1) is 0 Å². The van der Waals surface area contributed by atoms with Gasteiger partial charge in [-0.25, -0.2) is 9.59 Å². The van der Waals surface area contributed by atoms with Crippen LogP contribution < -0.4 is 5.48 Å². The fourth-order valence-corrected chi connectivity index (χ4v) is 1.90. The molecule has 0 heterocycles. The van der Waals surface area contributed by atoms with Gasteiger partial charge in [0.15, 0.2) is 6.10 Å². The van der Waals surface area contributed by atoms with Crippen LogP contribution in [0.15, 0.2) is 54.6 Å². The van der Waals surface area contributed by atoms with Crippen LogP contribution in [0.2, 0.25) is 0 Å². The van der Waals surface area contributed by atoms with Crippen molar-refractivity contribution in [2.75, 3.05) is 0 Å². The number of nitrogens with one attached hydrogen (secondary N) is 1. The van der Waals surface area contributed by atoms with Crippen LogP contribution >= 0.6 is 0 Å². The second-order valence-corrected chi connectivity index (χ2v) is 4.98. The first-order chi connectivity index (χ1) is 11.5. The van der Waals surface area contributed by atoms with Crippen molar-refractivity contribution < 1.29 is 29.4 Å². The van der Waals surface area contributed by atoms with E-state index in [2.05, 4.69) is 0 Å². The minimum absolute atomic E-state index is 0.0224. The molecule has 0 fully saturated rings. The van der Waals surface area contributed by atoms with Gasteiger partial charge < -0.3 is 14.9 Å². The van der Waals surface area contributed by atoms with E-state index in [0.29, 0.717) is 5.56 Å². The van der Waals surface area contributed by atoms with Crippen molar-refractivity contribution in [3.05, 3.63) is 65.7 Å². The number of ether oxygens (including phenoxy) is 1. The zero-order valence-electron chi connectivity index (χ0n) is 12.7. The molecular formula is C17H17NO6. The summed E-state index contributed by atoms with van der Waals surface area (Å²) >= 11 is 0. The smallest absolute Gasteiger partial charge is 0.431 e. The second kappa shape index (κ2) is 8.54. The van der Waals surface area contributed by atoms with Gasteiger partial charge in [-0.05, 0) is 23.3 Å². The first-order valence-electron chi connectivity index (χ1n) is 7.17. The molecule has 0 aliphatic rings. The molecule has 0 radical (unpaired) electrons. The third-order valence-electron chi connectivity index (χ3n) is 3.13. The molecule has 0 spiro atoms. The zero-order chi connectivity index (χ0) is 17.4. The molecule has 2 aromatic rings. The number of phenolic OH excluding ortho intramolecular Hbond substituents is 1. The Kier molecular flexibility index (Phi) is 6.16. The maximum absolute atomic E-state index is 11.6. The lowest BCUT2D eigenvalue weighted by molar-refractivity contribution is -0.154. The summed E-state index contributed by atoms with van der Waals surface area (Å²) in [6, 6.07) is 15.1. The van der Waals surface area contributed by atoms with E-state index < -0.39 is 18.2 Å². The van der Waals surface area contributed by atoms with Crippen molar-refractivity contribution in [1.29, 1.82) is 0 Å². The molecule has 126 valence electrons. The van der Waals surface area contributed by atoms with Crippen molar-refractivity contribution in [1.82, 2.24) is 5.48 Å². The number of carbonyl (C=O) groups is 2. The fraction of sp³-hybridized carbons (Fsp3) is 0.176. The molecular weight excluding hydrogens is 314 g/mol. The van der Waals surface area contributed by atoms with Gasteiger partial charge in [-0.15, -0.1) is 0 Å². The number of carboxylic acids is 1. The van der Waals surface area contributed by atoms with Crippen LogP contribution in [0.3, 0.4) is 0 Å². The lowest BCUT2D eigenvalue weighted by atomic mass is 10.1. The highest BCUT2D eigenvalue weighted by molar-refractivity contribution is 5.73. The molecule has 0 aliphatic carbocycles. The number of hydrogen-bond acceptors (Lipinski definition) is 5. The zero-order valence-corrected chi connectivity index (χ0v) is 12.7. The Morgan fingerprint density at radius 2 is 1.67 bits per heavy atom. The molecule has 7 nitrogen and oxygen atoms in total. The fourth-order valence-electron chi connectivity index (χ4n) is 1.90. The predicted molar refractivity (Wildman–Crippen MR) is 84.1 cm³/mol. The standard InChI is InChI=1S/C17H17NO6/c19-14-8-6-12(7-9-14)10-15(16(20)21)24-18-17(22)23-11-13-4-2-1-3-5-13/h1-9,15,19H,10-11H2,(H,18,22)(H,20,21)/t15-/m1/s1. The van der Waals surface area contributed by atoms with Gasteiger partial charge in [-0.3, -0.25) is 4.84 Å². The Bertz CT molecular complexity index is 671. The molecule has 0 aromatic heterocycles. The van der Waals surface area contributed by atoms with E-state index in [0.717, 1.165) is 5.56 Å². The van der Waals surface area contributed by atoms with Crippen LogP contribution in [0.4, 0.5) is 4.79 Å². The number of carbonyl (C=O) groups excluding carboxylic acids is 1. The summed E-state index contributed by atoms with van der Waals surface area (Å²) in [6.07, 6.45) is -2.14. The van der Waals surface area contributed by atoms with Crippen LogP contribution in [0.5, 0.6) is 5.75 Å². The van der Waals surface area contributed by atoms with Gasteiger partial charge in [-0.2, -0.15) is 5.48 Å². The van der Waals surface area contributed by atoms with Crippen LogP contribution in [0.25, 0.3) is 0 Å². The van der Waals surface area contributed by atoms with Crippen molar-refractivity contribution in [3.63, 3.8) is 0 Å². The SMILES string of the molecule is O=C(NO[C@H](Cc1ccc(O)cc1)C(=O)O)OCc1ccccc1. The second-order valence-electron chi connectivity index (χ2n) is 4.98. The van der Waals surface area contributed by atoms with Crippen molar-refractivity contribution in [3.8, 4) is 5.75 Å². The maximum Gasteiger partial charge on any atom is 0.431 e. The Morgan fingerprint density at radius 1 is 1.00 bits per heavy atom. The van der Waals surface area contributed by atoms with Gasteiger partial charge in [0.05, 0.1) is 0 Å². The highest BCUT2D eigenvalue weighted by Crippen LogP contribution is 2.12. The van der Waals surface area contributed by atoms with E-state index >= 15 is 0 Å². The number of aromatic hydroxyl groups is 1. The van der Waals surface area contributed by atoms with E-state index in [1.807, 2.05) is 23.7 Å². The highest BCUT2D eigenvalue weighted by atomic mass is 16.7. The molecule has 0 saturated carbocycles. The third kappa shape index (κ3) is 5.62. The normalized spacial score (nSPS) is 11.5. The molecule has 1 amide bonds. The number of rotatable bonds is 7. The minimum atomic E-state index is -1.28. The first-order valence-corrected chi connectivity index (χ1v) is 7.17. The van der Waals surface area contributed by atoms with Crippen LogP contribution in [-0.4, -0.2) is 28.4 Å². The molecule has 0 aliphatic heterocycles. The van der Waals surface area contributed by atoms with Gasteiger partial charge in [-0.1, -0.05) is 42.5 Å². The molecule has 0 saturated heterocycles. The molecule has 2 rings (SSSR count). The largest absolute Gasteiger partial charge is 0.508 e. The number of amides is 1. The Labute approximate surface area is 138 Å². The molecule has 0 bridgehead atoms. The predicted octanol–water partition coefficient (Wildman–Crippen LogP) is 2.25. The first kappa shape index (κ1) is 17.3. The maximum atomic E-state index is 11.6. The highest BCUT2D eigenvalue weighted by Gasteiger charge is 2.21. The van der Waals surface area contributed by atoms with Gasteiger partial charge in [0.1, 0.15) is 12.4 Å². The minimum Gasteiger partial charge on any atom is -0.508 e. The van der Waals surface area contributed by atoms with E-state index in [9.17, 15) is 14.7 Å². The molecule has 24 heavy (non-hydrogen) atoms. The van der Waals surface area contributed by atoms with E-state index in [1.165, 1.54) is 12.1 Å². The third-order valence-corrected chi connectivity index (χ3v) is 3.13. The van der Waals surface area contributed by atoms with Crippen LogP contribution in [0.1, 0.15) is 11.1 Å². The van der Waals surface area contributed by atoms with E-state index in [4.69, 9.17) is 14.7 Å². The lowest BCUT2D eigenvalue weighted by Gasteiger charge is -2.14. The Balaban J connectivity index is 1.81. The van der Waals surface area contributed by atoms with E-state index in [1.54, 1.807) is 24.3 Å². The molecule has 3 N–H and O–H groups in total. The van der Waals surface area contributed by atoms with Gasteiger partial charge in [0.25, 0.3) is 0 Å². The average Bonchev–Trinajstić information content (AvgIpc) is 2.59. The van der Waals surface area contributed by atoms with Gasteiger partial charge >= 0.3 is 12.1 Å².